The van der Waals surface area contributed by atoms with Gasteiger partial charge in [-0.1, -0.05) is 19.1 Å². The summed E-state index contributed by atoms with van der Waals surface area (Å²) in [6.45, 7) is 4.45. The second-order valence-electron chi connectivity index (χ2n) is 9.51. The molecule has 1 N–H and O–H groups in total. The quantitative estimate of drug-likeness (QED) is 0.389. The minimum absolute atomic E-state index is 0.178. The zero-order valence-corrected chi connectivity index (χ0v) is 21.6. The standard InChI is InChI=1S/C27H32N6O4/c1-17-9-11-32(12-10-17)25(26-29-30-31-33(26)16-18-5-7-20(35-2)8-6-18)21-13-19-14-23(36-3)24(37-4)15-22(19)28-27(21)34/h5-8,13-15,17,25H,9-12,16H2,1-4H3,(H,28,34)/t25-/m1/s1. The number of fused-ring (bicyclic) bond motifs is 1. The molecule has 2 aromatic carbocycles. The number of piperidine rings is 1. The second kappa shape index (κ2) is 10.6. The predicted molar refractivity (Wildman–Crippen MR) is 139 cm³/mol. The molecule has 1 saturated heterocycles. The Morgan fingerprint density at radius 2 is 1.70 bits per heavy atom. The summed E-state index contributed by atoms with van der Waals surface area (Å²) in [6.07, 6.45) is 2.10. The molecule has 0 unspecified atom stereocenters. The Kier molecular flexibility index (Phi) is 7.09. The average molecular weight is 505 g/mol. The lowest BCUT2D eigenvalue weighted by molar-refractivity contribution is 0.149. The van der Waals surface area contributed by atoms with Gasteiger partial charge >= 0.3 is 0 Å². The first-order chi connectivity index (χ1) is 18.0. The van der Waals surface area contributed by atoms with E-state index in [2.05, 4.69) is 32.3 Å². The van der Waals surface area contributed by atoms with E-state index in [-0.39, 0.29) is 5.56 Å². The molecule has 2 aromatic heterocycles. The van der Waals surface area contributed by atoms with E-state index in [1.54, 1.807) is 32.1 Å². The Balaban J connectivity index is 1.60. The SMILES string of the molecule is COc1ccc(Cn2nnnc2[C@@H](c2cc3cc(OC)c(OC)cc3[nH]c2=O)N2CCC(C)CC2)cc1. The van der Waals surface area contributed by atoms with Gasteiger partial charge in [0.1, 0.15) is 11.8 Å². The summed E-state index contributed by atoms with van der Waals surface area (Å²) in [5.41, 5.74) is 2.13. The number of aromatic amines is 1. The number of ether oxygens (including phenoxy) is 3. The summed E-state index contributed by atoms with van der Waals surface area (Å²) in [7, 11) is 4.82. The Hall–Kier alpha value is -3.92. The van der Waals surface area contributed by atoms with Gasteiger partial charge in [0, 0.05) is 17.0 Å². The van der Waals surface area contributed by atoms with Crippen LogP contribution in [0.25, 0.3) is 10.9 Å². The van der Waals surface area contributed by atoms with Crippen molar-refractivity contribution < 1.29 is 14.2 Å². The number of methoxy groups -OCH3 is 3. The molecule has 4 aromatic rings. The molecule has 0 saturated carbocycles. The molecule has 10 heteroatoms. The molecule has 0 aliphatic carbocycles. The van der Waals surface area contributed by atoms with E-state index in [4.69, 9.17) is 14.2 Å². The van der Waals surface area contributed by atoms with Crippen molar-refractivity contribution in [2.24, 2.45) is 5.92 Å². The van der Waals surface area contributed by atoms with Crippen molar-refractivity contribution in [3.05, 3.63) is 69.8 Å². The molecule has 0 radical (unpaired) electrons. The molecule has 0 bridgehead atoms. The van der Waals surface area contributed by atoms with Gasteiger partial charge < -0.3 is 19.2 Å². The topological polar surface area (TPSA) is 107 Å². The van der Waals surface area contributed by atoms with Crippen LogP contribution < -0.4 is 19.8 Å². The van der Waals surface area contributed by atoms with Gasteiger partial charge in [-0.2, -0.15) is 0 Å². The number of likely N-dealkylation sites (tertiary alicyclic amines) is 1. The van der Waals surface area contributed by atoms with E-state index in [1.807, 2.05) is 36.4 Å². The predicted octanol–water partition coefficient (Wildman–Crippen LogP) is 3.41. The maximum atomic E-state index is 13.5. The number of nitrogens with one attached hydrogen (secondary N) is 1. The molecule has 37 heavy (non-hydrogen) atoms. The smallest absolute Gasteiger partial charge is 0.253 e. The van der Waals surface area contributed by atoms with Gasteiger partial charge in [0.2, 0.25) is 0 Å². The zero-order chi connectivity index (χ0) is 25.9. The van der Waals surface area contributed by atoms with Gasteiger partial charge in [0.05, 0.1) is 33.4 Å². The van der Waals surface area contributed by atoms with Crippen LogP contribution in [0, 0.1) is 5.92 Å². The minimum atomic E-state index is -0.401. The molecule has 3 heterocycles. The fourth-order valence-corrected chi connectivity index (χ4v) is 4.96. The third-order valence-corrected chi connectivity index (χ3v) is 7.15. The van der Waals surface area contributed by atoms with E-state index in [0.29, 0.717) is 40.9 Å². The Bertz CT molecular complexity index is 1420. The molecule has 194 valence electrons. The molecule has 1 atom stereocenters. The first-order valence-electron chi connectivity index (χ1n) is 12.4. The summed E-state index contributed by atoms with van der Waals surface area (Å²) >= 11 is 0. The highest BCUT2D eigenvalue weighted by molar-refractivity contribution is 5.83. The van der Waals surface area contributed by atoms with Crippen molar-refractivity contribution in [3.63, 3.8) is 0 Å². The molecule has 10 nitrogen and oxygen atoms in total. The summed E-state index contributed by atoms with van der Waals surface area (Å²) in [4.78, 5) is 18.9. The van der Waals surface area contributed by atoms with E-state index in [1.165, 1.54) is 0 Å². The lowest BCUT2D eigenvalue weighted by atomic mass is 9.95. The molecular formula is C27H32N6O4. The van der Waals surface area contributed by atoms with Crippen LogP contribution in [0.5, 0.6) is 17.2 Å². The highest BCUT2D eigenvalue weighted by Crippen LogP contribution is 2.34. The van der Waals surface area contributed by atoms with Crippen LogP contribution in [0.3, 0.4) is 0 Å². The second-order valence-corrected chi connectivity index (χ2v) is 9.51. The molecule has 1 aliphatic rings. The van der Waals surface area contributed by atoms with E-state index in [0.717, 1.165) is 42.6 Å². The molecule has 1 fully saturated rings. The van der Waals surface area contributed by atoms with Crippen LogP contribution in [0.1, 0.15) is 42.8 Å². The average Bonchev–Trinajstić information content (AvgIpc) is 3.37. The number of hydrogen-bond acceptors (Lipinski definition) is 8. The highest BCUT2D eigenvalue weighted by atomic mass is 16.5. The number of nitrogens with zero attached hydrogens (tertiary/aromatic N) is 5. The number of hydrogen-bond donors (Lipinski definition) is 1. The minimum Gasteiger partial charge on any atom is -0.497 e. The largest absolute Gasteiger partial charge is 0.497 e. The molecule has 0 spiro atoms. The van der Waals surface area contributed by atoms with Gasteiger partial charge in [0.25, 0.3) is 5.56 Å². The molecule has 0 amide bonds. The monoisotopic (exact) mass is 504 g/mol. The maximum absolute atomic E-state index is 13.5. The van der Waals surface area contributed by atoms with Crippen LogP contribution in [0.15, 0.2) is 47.3 Å². The summed E-state index contributed by atoms with van der Waals surface area (Å²) < 4.78 is 18.0. The first kappa shape index (κ1) is 24.8. The summed E-state index contributed by atoms with van der Waals surface area (Å²) in [5, 5.41) is 13.6. The number of pyridine rings is 1. The van der Waals surface area contributed by atoms with Crippen molar-refractivity contribution in [3.8, 4) is 17.2 Å². The van der Waals surface area contributed by atoms with Gasteiger partial charge in [-0.3, -0.25) is 9.69 Å². The third kappa shape index (κ3) is 5.01. The number of tetrazole rings is 1. The van der Waals surface area contributed by atoms with Crippen molar-refractivity contribution in [1.29, 1.82) is 0 Å². The van der Waals surface area contributed by atoms with Crippen LogP contribution in [0.4, 0.5) is 0 Å². The Morgan fingerprint density at radius 1 is 1.00 bits per heavy atom. The number of rotatable bonds is 8. The Labute approximate surface area is 215 Å². The van der Waals surface area contributed by atoms with Crippen LogP contribution in [0.2, 0.25) is 0 Å². The van der Waals surface area contributed by atoms with Crippen molar-refractivity contribution in [1.82, 2.24) is 30.1 Å². The van der Waals surface area contributed by atoms with Crippen LogP contribution >= 0.6 is 0 Å². The Morgan fingerprint density at radius 3 is 2.38 bits per heavy atom. The summed E-state index contributed by atoms with van der Waals surface area (Å²) in [5.74, 6) is 3.22. The number of benzene rings is 2. The maximum Gasteiger partial charge on any atom is 0.253 e. The van der Waals surface area contributed by atoms with E-state index < -0.39 is 6.04 Å². The fourth-order valence-electron chi connectivity index (χ4n) is 4.96. The number of aromatic nitrogens is 5. The van der Waals surface area contributed by atoms with E-state index in [9.17, 15) is 4.79 Å². The molecule has 1 aliphatic heterocycles. The van der Waals surface area contributed by atoms with Crippen LogP contribution in [-0.2, 0) is 6.54 Å². The van der Waals surface area contributed by atoms with Gasteiger partial charge in [0.15, 0.2) is 17.3 Å². The van der Waals surface area contributed by atoms with Gasteiger partial charge in [-0.15, -0.1) is 5.10 Å². The first-order valence-corrected chi connectivity index (χ1v) is 12.4. The molecule has 5 rings (SSSR count). The van der Waals surface area contributed by atoms with Crippen molar-refractivity contribution in [2.45, 2.75) is 32.4 Å². The lowest BCUT2D eigenvalue weighted by Crippen LogP contribution is -2.40. The normalized spacial score (nSPS) is 15.6. The van der Waals surface area contributed by atoms with Crippen molar-refractivity contribution in [2.75, 3.05) is 34.4 Å². The van der Waals surface area contributed by atoms with Crippen LogP contribution in [-0.4, -0.2) is 64.5 Å². The fraction of sp³-hybridized carbons (Fsp3) is 0.407. The third-order valence-electron chi connectivity index (χ3n) is 7.15. The van der Waals surface area contributed by atoms with Gasteiger partial charge in [-0.25, -0.2) is 4.68 Å². The molecular weight excluding hydrogens is 472 g/mol. The van der Waals surface area contributed by atoms with E-state index >= 15 is 0 Å². The van der Waals surface area contributed by atoms with Crippen molar-refractivity contribution >= 4 is 10.9 Å². The summed E-state index contributed by atoms with van der Waals surface area (Å²) in [6, 6.07) is 13.0. The highest BCUT2D eigenvalue weighted by Gasteiger charge is 2.32. The lowest BCUT2D eigenvalue weighted by Gasteiger charge is -2.35. The zero-order valence-electron chi connectivity index (χ0n) is 21.6. The number of H-pyrrole nitrogens is 1. The van der Waals surface area contributed by atoms with Gasteiger partial charge in [-0.05, 0) is 72.1 Å².